The van der Waals surface area contributed by atoms with Crippen LogP contribution in [0.4, 0.5) is 0 Å². The number of fused-ring (bicyclic) bond motifs is 2. The Balaban J connectivity index is 2.00. The molecule has 0 aliphatic heterocycles. The lowest BCUT2D eigenvalue weighted by atomic mass is 9.86. The average molecular weight is 368 g/mol. The van der Waals surface area contributed by atoms with Crippen LogP contribution >= 0.6 is 11.6 Å². The molecule has 0 atom stereocenters. The quantitative estimate of drug-likeness (QED) is 0.555. The lowest BCUT2D eigenvalue weighted by Crippen LogP contribution is -2.27. The monoisotopic (exact) mass is 367 g/mol. The van der Waals surface area contributed by atoms with E-state index in [9.17, 15) is 9.59 Å². The van der Waals surface area contributed by atoms with Gasteiger partial charge in [0.25, 0.3) is 5.56 Å². The Hall–Kier alpha value is -2.50. The SMILES string of the molecule is CN(C)CCCn1nc2c3c(c(Cl)ccc3c1=O)C(=O)c1ccccc1-2. The van der Waals surface area contributed by atoms with E-state index in [1.807, 2.05) is 32.3 Å². The molecule has 3 aromatic rings. The fourth-order valence-electron chi connectivity index (χ4n) is 3.48. The molecule has 0 saturated heterocycles. The van der Waals surface area contributed by atoms with E-state index >= 15 is 0 Å². The van der Waals surface area contributed by atoms with Crippen LogP contribution in [0, 0.1) is 0 Å². The van der Waals surface area contributed by atoms with Crippen molar-refractivity contribution in [3.05, 3.63) is 62.9 Å². The molecule has 0 N–H and O–H groups in total. The number of rotatable bonds is 4. The number of aromatic nitrogens is 2. The maximum atomic E-state index is 12.9. The van der Waals surface area contributed by atoms with E-state index in [0.29, 0.717) is 39.2 Å². The molecular weight excluding hydrogens is 350 g/mol. The summed E-state index contributed by atoms with van der Waals surface area (Å²) in [5.41, 5.74) is 2.16. The molecular formula is C20H18ClN3O2. The van der Waals surface area contributed by atoms with Crippen molar-refractivity contribution >= 4 is 28.2 Å². The van der Waals surface area contributed by atoms with Crippen LogP contribution < -0.4 is 5.56 Å². The van der Waals surface area contributed by atoms with Crippen LogP contribution in [0.2, 0.25) is 5.02 Å². The number of benzene rings is 2. The second kappa shape index (κ2) is 6.34. The lowest BCUT2D eigenvalue weighted by molar-refractivity contribution is 0.104. The summed E-state index contributed by atoms with van der Waals surface area (Å²) in [6, 6.07) is 10.7. The highest BCUT2D eigenvalue weighted by atomic mass is 35.5. The normalized spacial score (nSPS) is 12.7. The van der Waals surface area contributed by atoms with E-state index in [0.717, 1.165) is 18.5 Å². The third-order valence-corrected chi connectivity index (χ3v) is 5.02. The Labute approximate surface area is 155 Å². The van der Waals surface area contributed by atoms with Gasteiger partial charge in [0.05, 0.1) is 16.0 Å². The van der Waals surface area contributed by atoms with Crippen LogP contribution in [0.5, 0.6) is 0 Å². The molecule has 0 spiro atoms. The molecule has 6 heteroatoms. The van der Waals surface area contributed by atoms with E-state index in [-0.39, 0.29) is 11.3 Å². The Morgan fingerprint density at radius 1 is 1.08 bits per heavy atom. The van der Waals surface area contributed by atoms with Crippen molar-refractivity contribution < 1.29 is 4.79 Å². The van der Waals surface area contributed by atoms with Crippen LogP contribution in [-0.2, 0) is 6.54 Å². The molecule has 0 amide bonds. The summed E-state index contributed by atoms with van der Waals surface area (Å²) in [5, 5.41) is 6.02. The third kappa shape index (κ3) is 2.55. The predicted molar refractivity (Wildman–Crippen MR) is 103 cm³/mol. The summed E-state index contributed by atoms with van der Waals surface area (Å²) in [6.45, 7) is 1.39. The van der Waals surface area contributed by atoms with Gasteiger partial charge in [-0.3, -0.25) is 9.59 Å². The largest absolute Gasteiger partial charge is 0.309 e. The smallest absolute Gasteiger partial charge is 0.274 e. The molecule has 1 heterocycles. The van der Waals surface area contributed by atoms with Crippen LogP contribution in [0.3, 0.4) is 0 Å². The highest BCUT2D eigenvalue weighted by molar-refractivity contribution is 6.39. The summed E-state index contributed by atoms with van der Waals surface area (Å²) in [7, 11) is 3.99. The number of hydrogen-bond acceptors (Lipinski definition) is 4. The first-order valence-electron chi connectivity index (χ1n) is 8.51. The fraction of sp³-hybridized carbons (Fsp3) is 0.250. The van der Waals surface area contributed by atoms with E-state index in [1.165, 1.54) is 4.68 Å². The fourth-order valence-corrected chi connectivity index (χ4v) is 3.72. The molecule has 0 radical (unpaired) electrons. The summed E-state index contributed by atoms with van der Waals surface area (Å²) in [4.78, 5) is 27.9. The Bertz CT molecular complexity index is 1100. The molecule has 132 valence electrons. The van der Waals surface area contributed by atoms with E-state index in [4.69, 9.17) is 11.6 Å². The topological polar surface area (TPSA) is 55.2 Å². The second-order valence-corrected chi connectivity index (χ2v) is 7.16. The van der Waals surface area contributed by atoms with Crippen LogP contribution in [0.15, 0.2) is 41.2 Å². The molecule has 26 heavy (non-hydrogen) atoms. The number of aryl methyl sites for hydroxylation is 1. The number of ketones is 1. The molecule has 1 aliphatic rings. The summed E-state index contributed by atoms with van der Waals surface area (Å²) < 4.78 is 1.51. The van der Waals surface area contributed by atoms with Gasteiger partial charge in [-0.1, -0.05) is 35.9 Å². The van der Waals surface area contributed by atoms with Gasteiger partial charge < -0.3 is 4.90 Å². The molecule has 5 nitrogen and oxygen atoms in total. The first-order valence-corrected chi connectivity index (χ1v) is 8.89. The van der Waals surface area contributed by atoms with Crippen LogP contribution in [-0.4, -0.2) is 41.1 Å². The van der Waals surface area contributed by atoms with Crippen molar-refractivity contribution in [1.82, 2.24) is 14.7 Å². The predicted octanol–water partition coefficient (Wildman–Crippen LogP) is 3.21. The number of nitrogens with zero attached hydrogens (tertiary/aromatic N) is 3. The van der Waals surface area contributed by atoms with Gasteiger partial charge >= 0.3 is 0 Å². The maximum absolute atomic E-state index is 12.9. The van der Waals surface area contributed by atoms with E-state index < -0.39 is 0 Å². The molecule has 2 aromatic carbocycles. The van der Waals surface area contributed by atoms with Crippen LogP contribution in [0.1, 0.15) is 22.3 Å². The highest BCUT2D eigenvalue weighted by Crippen LogP contribution is 2.39. The summed E-state index contributed by atoms with van der Waals surface area (Å²) >= 11 is 6.32. The molecule has 1 aromatic heterocycles. The number of halogens is 1. The summed E-state index contributed by atoms with van der Waals surface area (Å²) in [6.07, 6.45) is 0.811. The zero-order valence-electron chi connectivity index (χ0n) is 14.6. The molecule has 1 aliphatic carbocycles. The van der Waals surface area contributed by atoms with Gasteiger partial charge in [-0.25, -0.2) is 4.68 Å². The van der Waals surface area contributed by atoms with Gasteiger partial charge in [0.2, 0.25) is 0 Å². The van der Waals surface area contributed by atoms with Gasteiger partial charge in [-0.05, 0) is 39.2 Å². The molecule has 0 fully saturated rings. The van der Waals surface area contributed by atoms with Crippen molar-refractivity contribution in [2.24, 2.45) is 0 Å². The Morgan fingerprint density at radius 3 is 2.54 bits per heavy atom. The minimum atomic E-state index is -0.187. The Kier molecular flexibility index (Phi) is 4.13. The molecule has 0 bridgehead atoms. The van der Waals surface area contributed by atoms with Crippen molar-refractivity contribution in [1.29, 1.82) is 0 Å². The molecule has 0 unspecified atom stereocenters. The minimum absolute atomic E-state index is 0.157. The van der Waals surface area contributed by atoms with Crippen molar-refractivity contribution in [3.63, 3.8) is 0 Å². The number of carbonyl (C=O) groups excluding carboxylic acids is 1. The van der Waals surface area contributed by atoms with Gasteiger partial charge in [-0.15, -0.1) is 0 Å². The van der Waals surface area contributed by atoms with Crippen molar-refractivity contribution in [2.45, 2.75) is 13.0 Å². The summed E-state index contributed by atoms with van der Waals surface area (Å²) in [5.74, 6) is -0.157. The maximum Gasteiger partial charge on any atom is 0.274 e. The number of hydrogen-bond donors (Lipinski definition) is 0. The van der Waals surface area contributed by atoms with Gasteiger partial charge in [0.1, 0.15) is 5.69 Å². The van der Waals surface area contributed by atoms with Gasteiger partial charge in [0, 0.05) is 23.1 Å². The van der Waals surface area contributed by atoms with Crippen molar-refractivity contribution in [3.8, 4) is 11.3 Å². The third-order valence-electron chi connectivity index (χ3n) is 4.71. The molecule has 0 saturated carbocycles. The number of carbonyl (C=O) groups is 1. The average Bonchev–Trinajstić information content (AvgIpc) is 2.62. The van der Waals surface area contributed by atoms with E-state index in [2.05, 4.69) is 10.00 Å². The first kappa shape index (κ1) is 16.9. The second-order valence-electron chi connectivity index (χ2n) is 6.75. The van der Waals surface area contributed by atoms with E-state index in [1.54, 1.807) is 18.2 Å². The van der Waals surface area contributed by atoms with Crippen LogP contribution in [0.25, 0.3) is 22.0 Å². The minimum Gasteiger partial charge on any atom is -0.309 e. The van der Waals surface area contributed by atoms with Crippen molar-refractivity contribution in [2.75, 3.05) is 20.6 Å². The van der Waals surface area contributed by atoms with Gasteiger partial charge in [0.15, 0.2) is 5.78 Å². The lowest BCUT2D eigenvalue weighted by Gasteiger charge is -2.21. The first-order chi connectivity index (χ1) is 12.5. The zero-order chi connectivity index (χ0) is 18.4. The Morgan fingerprint density at radius 2 is 1.81 bits per heavy atom. The highest BCUT2D eigenvalue weighted by Gasteiger charge is 2.29. The van der Waals surface area contributed by atoms with Gasteiger partial charge in [-0.2, -0.15) is 5.10 Å². The molecule has 4 rings (SSSR count). The zero-order valence-corrected chi connectivity index (χ0v) is 15.4. The standard InChI is InChI=1S/C20H18ClN3O2/c1-23(2)10-5-11-24-20(26)14-8-9-15(21)17-16(14)18(22-24)12-6-3-4-7-13(12)19(17)25/h3-4,6-9H,5,10-11H2,1-2H3.